The summed E-state index contributed by atoms with van der Waals surface area (Å²) in [5, 5.41) is 2.65. The molecule has 0 atom stereocenters. The van der Waals surface area contributed by atoms with Crippen LogP contribution in [-0.2, 0) is 6.42 Å². The summed E-state index contributed by atoms with van der Waals surface area (Å²) in [4.78, 5) is 0. The molecule has 1 aliphatic carbocycles. The summed E-state index contributed by atoms with van der Waals surface area (Å²) in [6, 6.07) is 35.8. The van der Waals surface area contributed by atoms with E-state index in [0.29, 0.717) is 0 Å². The minimum absolute atomic E-state index is 0.957. The van der Waals surface area contributed by atoms with Crippen LogP contribution in [0.15, 0.2) is 128 Å². The van der Waals surface area contributed by atoms with Crippen LogP contribution in [0.3, 0.4) is 0 Å². The van der Waals surface area contributed by atoms with Gasteiger partial charge in [-0.2, -0.15) is 0 Å². The Morgan fingerprint density at radius 2 is 1.40 bits per heavy atom. The first kappa shape index (κ1) is 24.2. The molecule has 1 aliphatic rings. The molecular formula is C39H31N. The molecule has 40 heavy (non-hydrogen) atoms. The maximum Gasteiger partial charge on any atom is 0.0616 e. The van der Waals surface area contributed by atoms with Crippen molar-refractivity contribution >= 4 is 28.0 Å². The lowest BCUT2D eigenvalue weighted by Crippen LogP contribution is -1.94. The molecule has 5 aromatic carbocycles. The van der Waals surface area contributed by atoms with E-state index in [9.17, 15) is 0 Å². The van der Waals surface area contributed by atoms with Gasteiger partial charge in [-0.15, -0.1) is 0 Å². The molecule has 1 nitrogen and oxygen atoms in total. The minimum Gasteiger partial charge on any atom is -0.315 e. The Morgan fingerprint density at radius 3 is 2.25 bits per heavy atom. The van der Waals surface area contributed by atoms with Crippen LogP contribution in [0.2, 0.25) is 0 Å². The summed E-state index contributed by atoms with van der Waals surface area (Å²) in [6.07, 6.45) is 11.1. The van der Waals surface area contributed by atoms with Crippen LogP contribution in [-0.4, -0.2) is 4.57 Å². The number of rotatable bonds is 5. The van der Waals surface area contributed by atoms with E-state index in [4.69, 9.17) is 0 Å². The fourth-order valence-corrected chi connectivity index (χ4v) is 6.43. The molecule has 0 unspecified atom stereocenters. The van der Waals surface area contributed by atoms with Gasteiger partial charge in [0.15, 0.2) is 0 Å². The third-order valence-corrected chi connectivity index (χ3v) is 8.33. The molecule has 7 rings (SSSR count). The van der Waals surface area contributed by atoms with Gasteiger partial charge in [0.1, 0.15) is 0 Å². The average molecular weight is 514 g/mol. The molecule has 0 bridgehead atoms. The van der Waals surface area contributed by atoms with Crippen molar-refractivity contribution < 1.29 is 0 Å². The zero-order valence-electron chi connectivity index (χ0n) is 23.0. The summed E-state index contributed by atoms with van der Waals surface area (Å²) < 4.78 is 2.38. The Kier molecular flexibility index (Phi) is 5.86. The summed E-state index contributed by atoms with van der Waals surface area (Å²) in [7, 11) is 0. The van der Waals surface area contributed by atoms with Gasteiger partial charge in [0, 0.05) is 22.5 Å². The number of hydrogen-bond donors (Lipinski definition) is 0. The van der Waals surface area contributed by atoms with E-state index in [0.717, 1.165) is 6.42 Å². The Hall–Kier alpha value is -4.88. The largest absolute Gasteiger partial charge is 0.315 e. The SMILES string of the molecule is C=C/C=C\C=C/n1c2ccccc2c2c3c(cc(-c4ccc(C)c(-c5ccccc5C)c4)c21)-c1ccccc1C3. The lowest BCUT2D eigenvalue weighted by atomic mass is 9.90. The average Bonchev–Trinajstić information content (AvgIpc) is 3.52. The van der Waals surface area contributed by atoms with E-state index in [1.54, 1.807) is 0 Å². The maximum absolute atomic E-state index is 3.83. The Labute approximate surface area is 236 Å². The third-order valence-electron chi connectivity index (χ3n) is 8.33. The minimum atomic E-state index is 0.957. The first-order valence-corrected chi connectivity index (χ1v) is 14.0. The van der Waals surface area contributed by atoms with Crippen LogP contribution in [0.25, 0.3) is 61.4 Å². The van der Waals surface area contributed by atoms with E-state index in [-0.39, 0.29) is 0 Å². The van der Waals surface area contributed by atoms with Gasteiger partial charge in [-0.25, -0.2) is 0 Å². The monoisotopic (exact) mass is 513 g/mol. The molecule has 6 aromatic rings. The van der Waals surface area contributed by atoms with Crippen molar-refractivity contribution in [2.75, 3.05) is 0 Å². The number of fused-ring (bicyclic) bond motifs is 7. The number of allylic oxidation sites excluding steroid dienone is 4. The highest BCUT2D eigenvalue weighted by atomic mass is 15.0. The summed E-state index contributed by atoms with van der Waals surface area (Å²) in [5.74, 6) is 0. The number of nitrogens with zero attached hydrogens (tertiary/aromatic N) is 1. The predicted molar refractivity (Wildman–Crippen MR) is 173 cm³/mol. The van der Waals surface area contributed by atoms with Gasteiger partial charge in [0.2, 0.25) is 0 Å². The molecule has 0 N–H and O–H groups in total. The Morgan fingerprint density at radius 1 is 0.650 bits per heavy atom. The smallest absolute Gasteiger partial charge is 0.0616 e. The second-order valence-electron chi connectivity index (χ2n) is 10.7. The van der Waals surface area contributed by atoms with Crippen LogP contribution in [0.5, 0.6) is 0 Å². The summed E-state index contributed by atoms with van der Waals surface area (Å²) in [6.45, 7) is 8.24. The molecule has 0 aliphatic heterocycles. The van der Waals surface area contributed by atoms with Gasteiger partial charge < -0.3 is 4.57 Å². The molecule has 0 spiro atoms. The summed E-state index contributed by atoms with van der Waals surface area (Å²) in [5.41, 5.74) is 15.7. The number of hydrogen-bond acceptors (Lipinski definition) is 0. The van der Waals surface area contributed by atoms with E-state index >= 15 is 0 Å². The Balaban J connectivity index is 1.60. The van der Waals surface area contributed by atoms with Gasteiger partial charge in [-0.1, -0.05) is 104 Å². The van der Waals surface area contributed by atoms with Crippen molar-refractivity contribution in [1.82, 2.24) is 4.57 Å². The zero-order valence-corrected chi connectivity index (χ0v) is 23.0. The van der Waals surface area contributed by atoms with Crippen LogP contribution in [0.1, 0.15) is 22.3 Å². The van der Waals surface area contributed by atoms with Gasteiger partial charge in [0.25, 0.3) is 0 Å². The predicted octanol–water partition coefficient (Wildman–Crippen LogP) is 10.5. The topological polar surface area (TPSA) is 4.93 Å². The van der Waals surface area contributed by atoms with Crippen LogP contribution in [0, 0.1) is 13.8 Å². The molecule has 0 fully saturated rings. The number of para-hydroxylation sites is 1. The van der Waals surface area contributed by atoms with Crippen molar-refractivity contribution in [3.05, 3.63) is 150 Å². The highest BCUT2D eigenvalue weighted by molar-refractivity contribution is 6.18. The molecule has 0 saturated carbocycles. The van der Waals surface area contributed by atoms with Crippen molar-refractivity contribution in [1.29, 1.82) is 0 Å². The van der Waals surface area contributed by atoms with Gasteiger partial charge >= 0.3 is 0 Å². The quantitative estimate of drug-likeness (QED) is 0.202. The number of aromatic nitrogens is 1. The van der Waals surface area contributed by atoms with Crippen molar-refractivity contribution in [2.45, 2.75) is 20.3 Å². The van der Waals surface area contributed by atoms with E-state index in [1.165, 1.54) is 77.4 Å². The van der Waals surface area contributed by atoms with Gasteiger partial charge in [-0.05, 0) is 94.6 Å². The number of aryl methyl sites for hydroxylation is 2. The van der Waals surface area contributed by atoms with Gasteiger partial charge in [-0.3, -0.25) is 0 Å². The lowest BCUT2D eigenvalue weighted by Gasteiger charge is -2.15. The normalized spacial score (nSPS) is 12.6. The van der Waals surface area contributed by atoms with Gasteiger partial charge in [0.05, 0.1) is 11.0 Å². The fraction of sp³-hybridized carbons (Fsp3) is 0.0769. The second kappa shape index (κ2) is 9.70. The first-order valence-electron chi connectivity index (χ1n) is 14.0. The zero-order chi connectivity index (χ0) is 27.2. The van der Waals surface area contributed by atoms with Crippen LogP contribution >= 0.6 is 0 Å². The molecule has 0 radical (unpaired) electrons. The lowest BCUT2D eigenvalue weighted by molar-refractivity contribution is 1.27. The molecule has 1 aromatic heterocycles. The summed E-state index contributed by atoms with van der Waals surface area (Å²) >= 11 is 0. The van der Waals surface area contributed by atoms with E-state index in [2.05, 4.69) is 134 Å². The maximum atomic E-state index is 3.83. The molecular weight excluding hydrogens is 482 g/mol. The van der Waals surface area contributed by atoms with Crippen LogP contribution < -0.4 is 0 Å². The molecule has 1 heteroatoms. The highest BCUT2D eigenvalue weighted by Gasteiger charge is 2.26. The van der Waals surface area contributed by atoms with Crippen molar-refractivity contribution in [3.8, 4) is 33.4 Å². The van der Waals surface area contributed by atoms with E-state index < -0.39 is 0 Å². The first-order chi connectivity index (χ1) is 19.7. The molecule has 192 valence electrons. The number of benzene rings is 5. The van der Waals surface area contributed by atoms with Crippen LogP contribution in [0.4, 0.5) is 0 Å². The van der Waals surface area contributed by atoms with E-state index in [1.807, 2.05) is 18.2 Å². The third kappa shape index (κ3) is 3.78. The second-order valence-corrected chi connectivity index (χ2v) is 10.7. The van der Waals surface area contributed by atoms with Crippen molar-refractivity contribution in [3.63, 3.8) is 0 Å². The molecule has 0 amide bonds. The fourth-order valence-electron chi connectivity index (χ4n) is 6.43. The van der Waals surface area contributed by atoms with Crippen molar-refractivity contribution in [2.24, 2.45) is 0 Å². The molecule has 1 heterocycles. The highest BCUT2D eigenvalue weighted by Crippen LogP contribution is 2.48. The Bertz CT molecular complexity index is 2010. The molecule has 0 saturated heterocycles. The standard InChI is InChI=1S/C39H31N/c1-4-5-6-13-22-40-37-19-12-11-18-32(37)38-36-24-28-15-8-10-17-31(28)35(36)25-34(39(38)40)29-21-20-27(3)33(23-29)30-16-9-7-14-26(30)2/h4-23,25H,1,24H2,2-3H3/b6-5-,22-13-.